The lowest BCUT2D eigenvalue weighted by Gasteiger charge is -2.09. The molecule has 0 radical (unpaired) electrons. The number of benzene rings is 1. The first-order chi connectivity index (χ1) is 9.43. The van der Waals surface area contributed by atoms with Crippen molar-refractivity contribution >= 4 is 17.6 Å². The summed E-state index contributed by atoms with van der Waals surface area (Å²) in [7, 11) is 0. The van der Waals surface area contributed by atoms with E-state index in [-0.39, 0.29) is 0 Å². The number of nitrogens with one attached hydrogen (secondary N) is 1. The van der Waals surface area contributed by atoms with Crippen molar-refractivity contribution in [1.29, 1.82) is 0 Å². The van der Waals surface area contributed by atoms with Gasteiger partial charge < -0.3 is 5.32 Å². The Morgan fingerprint density at radius 3 is 2.89 bits per heavy atom. The summed E-state index contributed by atoms with van der Waals surface area (Å²) in [5.41, 5.74) is 2.56. The van der Waals surface area contributed by atoms with Crippen molar-refractivity contribution < 1.29 is 0 Å². The van der Waals surface area contributed by atoms with Crippen LogP contribution in [0.3, 0.4) is 0 Å². The van der Waals surface area contributed by atoms with Gasteiger partial charge in [-0.25, -0.2) is 9.97 Å². The van der Waals surface area contributed by atoms with E-state index in [4.69, 9.17) is 0 Å². The van der Waals surface area contributed by atoms with E-state index < -0.39 is 0 Å². The van der Waals surface area contributed by atoms with Gasteiger partial charge in [-0.2, -0.15) is 0 Å². The second kappa shape index (κ2) is 6.06. The maximum atomic E-state index is 4.36. The zero-order valence-electron chi connectivity index (χ0n) is 10.8. The Labute approximate surface area is 117 Å². The number of anilines is 1. The van der Waals surface area contributed by atoms with E-state index in [2.05, 4.69) is 39.6 Å². The molecule has 2 aromatic rings. The molecule has 0 atom stereocenters. The topological polar surface area (TPSA) is 37.8 Å². The van der Waals surface area contributed by atoms with Crippen LogP contribution in [-0.4, -0.2) is 22.3 Å². The number of nitrogens with zero attached hydrogens (tertiary/aromatic N) is 2. The Morgan fingerprint density at radius 1 is 1.11 bits per heavy atom. The highest BCUT2D eigenvalue weighted by molar-refractivity contribution is 7.99. The summed E-state index contributed by atoms with van der Waals surface area (Å²) in [5.74, 6) is 2.08. The fraction of sp³-hybridized carbons (Fsp3) is 0.333. The number of aromatic nitrogens is 2. The van der Waals surface area contributed by atoms with Gasteiger partial charge in [0, 0.05) is 28.5 Å². The second-order valence-corrected chi connectivity index (χ2v) is 5.76. The van der Waals surface area contributed by atoms with Crippen LogP contribution in [0.2, 0.25) is 0 Å². The molecule has 0 aliphatic heterocycles. The van der Waals surface area contributed by atoms with Gasteiger partial charge in [0.15, 0.2) is 0 Å². The minimum absolute atomic E-state index is 0.934. The van der Waals surface area contributed by atoms with Gasteiger partial charge in [-0.3, -0.25) is 0 Å². The van der Waals surface area contributed by atoms with E-state index >= 15 is 0 Å². The van der Waals surface area contributed by atoms with Crippen LogP contribution in [0, 0.1) is 0 Å². The molecular formula is C15H17N3S. The Balaban J connectivity index is 1.52. The van der Waals surface area contributed by atoms with Crippen LogP contribution in [0.1, 0.15) is 17.7 Å². The van der Waals surface area contributed by atoms with Crippen LogP contribution in [0.4, 0.5) is 5.82 Å². The average molecular weight is 271 g/mol. The normalized spacial score (nSPS) is 13.3. The molecule has 0 amide bonds. The lowest BCUT2D eigenvalue weighted by molar-refractivity contribution is 0.899. The third-order valence-electron chi connectivity index (χ3n) is 3.28. The fourth-order valence-corrected chi connectivity index (χ4v) is 3.16. The van der Waals surface area contributed by atoms with E-state index in [0.717, 1.165) is 31.0 Å². The Morgan fingerprint density at radius 2 is 2.00 bits per heavy atom. The Kier molecular flexibility index (Phi) is 3.98. The minimum Gasteiger partial charge on any atom is -0.369 e. The molecule has 1 aliphatic carbocycles. The highest BCUT2D eigenvalue weighted by Crippen LogP contribution is 2.25. The minimum atomic E-state index is 0.934. The molecule has 3 nitrogen and oxygen atoms in total. The van der Waals surface area contributed by atoms with Crippen LogP contribution in [-0.2, 0) is 12.8 Å². The van der Waals surface area contributed by atoms with Crippen molar-refractivity contribution in [2.24, 2.45) is 0 Å². The molecule has 19 heavy (non-hydrogen) atoms. The molecular weight excluding hydrogens is 254 g/mol. The number of hydrogen-bond acceptors (Lipinski definition) is 4. The van der Waals surface area contributed by atoms with E-state index in [0.29, 0.717) is 0 Å². The lowest BCUT2D eigenvalue weighted by atomic mass is 10.2. The molecule has 1 aromatic heterocycles. The van der Waals surface area contributed by atoms with Gasteiger partial charge in [-0.1, -0.05) is 18.2 Å². The molecule has 1 aromatic carbocycles. The van der Waals surface area contributed by atoms with E-state index in [1.54, 1.807) is 6.33 Å². The van der Waals surface area contributed by atoms with Gasteiger partial charge >= 0.3 is 0 Å². The SMILES string of the molecule is c1ccc(SCCNc2ncnc3c2CCC3)cc1. The van der Waals surface area contributed by atoms with Crippen molar-refractivity contribution in [3.63, 3.8) is 0 Å². The summed E-state index contributed by atoms with van der Waals surface area (Å²) in [6.07, 6.45) is 5.11. The number of hydrogen-bond donors (Lipinski definition) is 1. The maximum absolute atomic E-state index is 4.36. The highest BCUT2D eigenvalue weighted by atomic mass is 32.2. The molecule has 4 heteroatoms. The van der Waals surface area contributed by atoms with Crippen LogP contribution in [0.15, 0.2) is 41.6 Å². The van der Waals surface area contributed by atoms with Crippen LogP contribution in [0.25, 0.3) is 0 Å². The first-order valence-corrected chi connectivity index (χ1v) is 7.66. The standard InChI is InChI=1S/C15H17N3S/c1-2-5-12(6-3-1)19-10-9-16-15-13-7-4-8-14(13)17-11-18-15/h1-3,5-6,11H,4,7-10H2,(H,16,17,18). The van der Waals surface area contributed by atoms with Crippen LogP contribution >= 0.6 is 11.8 Å². The van der Waals surface area contributed by atoms with Crippen LogP contribution < -0.4 is 5.32 Å². The number of aryl methyl sites for hydroxylation is 1. The van der Waals surface area contributed by atoms with Gasteiger partial charge in [0.2, 0.25) is 0 Å². The summed E-state index contributed by atoms with van der Waals surface area (Å²) >= 11 is 1.87. The molecule has 98 valence electrons. The van der Waals surface area contributed by atoms with Gasteiger partial charge in [0.05, 0.1) is 0 Å². The summed E-state index contributed by atoms with van der Waals surface area (Å²) in [5, 5.41) is 3.44. The van der Waals surface area contributed by atoms with E-state index in [1.165, 1.54) is 22.6 Å². The molecule has 1 heterocycles. The third kappa shape index (κ3) is 3.07. The maximum Gasteiger partial charge on any atom is 0.132 e. The number of thioether (sulfide) groups is 1. The zero-order chi connectivity index (χ0) is 12.9. The van der Waals surface area contributed by atoms with E-state index in [1.807, 2.05) is 17.8 Å². The number of rotatable bonds is 5. The van der Waals surface area contributed by atoms with Crippen molar-refractivity contribution in [1.82, 2.24) is 9.97 Å². The Hall–Kier alpha value is -1.55. The molecule has 3 rings (SSSR count). The predicted octanol–water partition coefficient (Wildman–Crippen LogP) is 3.17. The molecule has 1 N–H and O–H groups in total. The smallest absolute Gasteiger partial charge is 0.132 e. The van der Waals surface area contributed by atoms with E-state index in [9.17, 15) is 0 Å². The highest BCUT2D eigenvalue weighted by Gasteiger charge is 2.16. The molecule has 1 aliphatic rings. The molecule has 0 saturated carbocycles. The van der Waals surface area contributed by atoms with Crippen LogP contribution in [0.5, 0.6) is 0 Å². The summed E-state index contributed by atoms with van der Waals surface area (Å²) < 4.78 is 0. The number of fused-ring (bicyclic) bond motifs is 1. The zero-order valence-corrected chi connectivity index (χ0v) is 11.6. The first-order valence-electron chi connectivity index (χ1n) is 6.68. The van der Waals surface area contributed by atoms with Gasteiger partial charge in [-0.15, -0.1) is 11.8 Å². The molecule has 0 saturated heterocycles. The van der Waals surface area contributed by atoms with Gasteiger partial charge in [0.25, 0.3) is 0 Å². The molecule has 0 fully saturated rings. The largest absolute Gasteiger partial charge is 0.369 e. The van der Waals surface area contributed by atoms with Gasteiger partial charge in [0.1, 0.15) is 12.1 Å². The molecule has 0 unspecified atom stereocenters. The summed E-state index contributed by atoms with van der Waals surface area (Å²) in [6, 6.07) is 10.5. The molecule has 0 spiro atoms. The van der Waals surface area contributed by atoms with Crippen molar-refractivity contribution in [3.8, 4) is 0 Å². The second-order valence-electron chi connectivity index (χ2n) is 4.59. The molecule has 0 bridgehead atoms. The van der Waals surface area contributed by atoms with Crippen molar-refractivity contribution in [3.05, 3.63) is 47.9 Å². The fourth-order valence-electron chi connectivity index (χ4n) is 2.37. The quantitative estimate of drug-likeness (QED) is 0.669. The van der Waals surface area contributed by atoms with Gasteiger partial charge in [-0.05, 0) is 31.4 Å². The average Bonchev–Trinajstić information content (AvgIpc) is 2.94. The first kappa shape index (κ1) is 12.5. The third-order valence-corrected chi connectivity index (χ3v) is 4.30. The lowest BCUT2D eigenvalue weighted by Crippen LogP contribution is -2.08. The predicted molar refractivity (Wildman–Crippen MR) is 79.7 cm³/mol. The van der Waals surface area contributed by atoms with Crippen molar-refractivity contribution in [2.45, 2.75) is 24.2 Å². The summed E-state index contributed by atoms with van der Waals surface area (Å²) in [4.78, 5) is 10.0. The summed E-state index contributed by atoms with van der Waals surface area (Å²) in [6.45, 7) is 0.934. The van der Waals surface area contributed by atoms with Crippen molar-refractivity contribution in [2.75, 3.05) is 17.6 Å². The Bertz CT molecular complexity index is 542. The monoisotopic (exact) mass is 271 g/mol.